The van der Waals surface area contributed by atoms with E-state index < -0.39 is 35.9 Å². The molecule has 1 aromatic heterocycles. The number of carbonyl (C=O) groups excluding carboxylic acids is 3. The summed E-state index contributed by atoms with van der Waals surface area (Å²) in [4.78, 5) is 41.9. The van der Waals surface area contributed by atoms with Gasteiger partial charge in [-0.15, -0.1) is 0 Å². The van der Waals surface area contributed by atoms with Gasteiger partial charge in [0.25, 0.3) is 5.91 Å². The minimum Gasteiger partial charge on any atom is -0.503 e. The molecule has 0 spiro atoms. The highest BCUT2D eigenvalue weighted by Gasteiger charge is 2.40. The third-order valence-electron chi connectivity index (χ3n) is 6.04. The number of amides is 1. The van der Waals surface area contributed by atoms with Crippen LogP contribution in [0.25, 0.3) is 0 Å². The number of ether oxygens (including phenoxy) is 4. The van der Waals surface area contributed by atoms with Crippen molar-refractivity contribution >= 4 is 17.8 Å². The molecule has 2 N–H and O–H groups in total. The molecule has 34 heavy (non-hydrogen) atoms. The van der Waals surface area contributed by atoms with E-state index in [4.69, 9.17) is 18.9 Å². The zero-order valence-corrected chi connectivity index (χ0v) is 20.1. The first-order valence-electron chi connectivity index (χ1n) is 11.7. The molecule has 2 heterocycles. The lowest BCUT2D eigenvalue weighted by molar-refractivity contribution is -0.172. The molecule has 10 nitrogen and oxygen atoms in total. The van der Waals surface area contributed by atoms with Gasteiger partial charge in [0.05, 0.1) is 26.2 Å². The van der Waals surface area contributed by atoms with Crippen molar-refractivity contribution in [3.63, 3.8) is 0 Å². The standard InChI is InChI=1S/C24H34N2O8/c1-13(2)5-6-16-11-32-12-17(26-22(28)19-20(27)18(31-4)9-10-25-19)24(30)33-14(3)21(16)34-23(29)15-7-8-15/h9-10,13-17,21,27H,5-8,11-12H2,1-4H3,(H,26,28)/t14-,16-,17-,21-/m0/s1. The highest BCUT2D eigenvalue weighted by atomic mass is 16.6. The first kappa shape index (κ1) is 25.7. The van der Waals surface area contributed by atoms with E-state index in [2.05, 4.69) is 24.1 Å². The summed E-state index contributed by atoms with van der Waals surface area (Å²) in [6.45, 7) is 6.01. The molecule has 3 rings (SSSR count). The van der Waals surface area contributed by atoms with Crippen molar-refractivity contribution in [1.82, 2.24) is 10.3 Å². The molecule has 10 heteroatoms. The van der Waals surface area contributed by atoms with Crippen molar-refractivity contribution in [2.24, 2.45) is 17.8 Å². The summed E-state index contributed by atoms with van der Waals surface area (Å²) in [7, 11) is 1.35. The van der Waals surface area contributed by atoms with Crippen LogP contribution in [-0.2, 0) is 23.8 Å². The molecule has 0 radical (unpaired) electrons. The van der Waals surface area contributed by atoms with Gasteiger partial charge in [-0.3, -0.25) is 9.59 Å². The van der Waals surface area contributed by atoms with Gasteiger partial charge in [0.1, 0.15) is 12.2 Å². The molecule has 1 amide bonds. The summed E-state index contributed by atoms with van der Waals surface area (Å²) < 4.78 is 22.2. The SMILES string of the molecule is COc1ccnc(C(=O)N[C@H]2COC[C@H](CCC(C)C)[C@@H](OC(=O)C3CC3)[C@H](C)OC2=O)c1O. The van der Waals surface area contributed by atoms with Gasteiger partial charge >= 0.3 is 11.9 Å². The molecule has 188 valence electrons. The van der Waals surface area contributed by atoms with Gasteiger partial charge in [-0.25, -0.2) is 9.78 Å². The number of hydrogen-bond acceptors (Lipinski definition) is 9. The maximum Gasteiger partial charge on any atom is 0.331 e. The molecule has 2 aliphatic rings. The van der Waals surface area contributed by atoms with Gasteiger partial charge in [-0.2, -0.15) is 0 Å². The number of carbonyl (C=O) groups is 3. The lowest BCUT2D eigenvalue weighted by Crippen LogP contribution is -2.46. The Kier molecular flexibility index (Phi) is 8.71. The quantitative estimate of drug-likeness (QED) is 0.540. The zero-order valence-electron chi connectivity index (χ0n) is 20.1. The largest absolute Gasteiger partial charge is 0.503 e. The Morgan fingerprint density at radius 1 is 1.29 bits per heavy atom. The van der Waals surface area contributed by atoms with Gasteiger partial charge in [0.2, 0.25) is 0 Å². The molecular formula is C24H34N2O8. The number of hydrogen-bond donors (Lipinski definition) is 2. The summed E-state index contributed by atoms with van der Waals surface area (Å²) in [6, 6.07) is 0.275. The normalized spacial score (nSPS) is 25.5. The second-order valence-electron chi connectivity index (χ2n) is 9.32. The fraction of sp³-hybridized carbons (Fsp3) is 0.667. The topological polar surface area (TPSA) is 133 Å². The van der Waals surface area contributed by atoms with Crippen LogP contribution in [0.1, 0.15) is 56.9 Å². The Hall–Kier alpha value is -2.88. The smallest absolute Gasteiger partial charge is 0.331 e. The van der Waals surface area contributed by atoms with Crippen LogP contribution in [0.4, 0.5) is 0 Å². The molecule has 1 saturated carbocycles. The number of methoxy groups -OCH3 is 1. The van der Waals surface area contributed by atoms with Crippen LogP contribution in [0.2, 0.25) is 0 Å². The Labute approximate surface area is 199 Å². The second kappa shape index (κ2) is 11.5. The monoisotopic (exact) mass is 478 g/mol. The molecule has 0 unspecified atom stereocenters. The van der Waals surface area contributed by atoms with E-state index in [0.29, 0.717) is 5.92 Å². The van der Waals surface area contributed by atoms with Crippen molar-refractivity contribution in [2.45, 2.75) is 64.7 Å². The summed E-state index contributed by atoms with van der Waals surface area (Å²) in [5.41, 5.74) is -0.286. The summed E-state index contributed by atoms with van der Waals surface area (Å²) in [6.07, 6.45) is 3.20. The lowest BCUT2D eigenvalue weighted by Gasteiger charge is -2.30. The number of nitrogens with one attached hydrogen (secondary N) is 1. The minimum atomic E-state index is -1.13. The van der Waals surface area contributed by atoms with E-state index in [1.165, 1.54) is 19.4 Å². The van der Waals surface area contributed by atoms with Gasteiger partial charge in [0.15, 0.2) is 23.2 Å². The van der Waals surface area contributed by atoms with E-state index in [-0.39, 0.29) is 42.5 Å². The average Bonchev–Trinajstić information content (AvgIpc) is 3.63. The van der Waals surface area contributed by atoms with E-state index in [1.54, 1.807) is 6.92 Å². The predicted octanol–water partition coefficient (Wildman–Crippen LogP) is 2.23. The second-order valence-corrected chi connectivity index (χ2v) is 9.32. The minimum absolute atomic E-state index is 0.0791. The number of esters is 2. The van der Waals surface area contributed by atoms with Crippen molar-refractivity contribution < 1.29 is 38.4 Å². The van der Waals surface area contributed by atoms with E-state index >= 15 is 0 Å². The van der Waals surface area contributed by atoms with E-state index in [0.717, 1.165) is 25.7 Å². The van der Waals surface area contributed by atoms with Gasteiger partial charge in [-0.1, -0.05) is 20.3 Å². The summed E-state index contributed by atoms with van der Waals surface area (Å²) >= 11 is 0. The van der Waals surface area contributed by atoms with Crippen molar-refractivity contribution in [1.29, 1.82) is 0 Å². The first-order valence-corrected chi connectivity index (χ1v) is 11.7. The number of cyclic esters (lactones) is 1. The van der Waals surface area contributed by atoms with Crippen molar-refractivity contribution in [2.75, 3.05) is 20.3 Å². The van der Waals surface area contributed by atoms with Crippen LogP contribution in [0.15, 0.2) is 12.3 Å². The number of nitrogens with zero attached hydrogens (tertiary/aromatic N) is 1. The number of aromatic nitrogens is 1. The van der Waals surface area contributed by atoms with E-state index in [9.17, 15) is 19.5 Å². The van der Waals surface area contributed by atoms with Gasteiger partial charge in [0, 0.05) is 18.2 Å². The van der Waals surface area contributed by atoms with Crippen LogP contribution < -0.4 is 10.1 Å². The molecule has 1 aromatic rings. The third-order valence-corrected chi connectivity index (χ3v) is 6.04. The van der Waals surface area contributed by atoms with Gasteiger partial charge in [-0.05, 0) is 32.1 Å². The molecule has 2 fully saturated rings. The molecule has 0 aromatic carbocycles. The number of pyridine rings is 1. The number of rotatable bonds is 8. The predicted molar refractivity (Wildman–Crippen MR) is 120 cm³/mol. The lowest BCUT2D eigenvalue weighted by atomic mass is 9.91. The van der Waals surface area contributed by atoms with Crippen molar-refractivity contribution in [3.8, 4) is 11.5 Å². The maximum atomic E-state index is 12.9. The van der Waals surface area contributed by atoms with E-state index in [1.807, 2.05) is 0 Å². The summed E-state index contributed by atoms with van der Waals surface area (Å²) in [5, 5.41) is 12.7. The fourth-order valence-corrected chi connectivity index (χ4v) is 3.85. The fourth-order valence-electron chi connectivity index (χ4n) is 3.85. The Balaban J connectivity index is 1.74. The third kappa shape index (κ3) is 6.59. The maximum absolute atomic E-state index is 12.9. The highest BCUT2D eigenvalue weighted by molar-refractivity contribution is 5.98. The van der Waals surface area contributed by atoms with Crippen LogP contribution in [-0.4, -0.2) is 66.5 Å². The van der Waals surface area contributed by atoms with Crippen molar-refractivity contribution in [3.05, 3.63) is 18.0 Å². The van der Waals surface area contributed by atoms with Crippen LogP contribution >= 0.6 is 0 Å². The molecule has 0 bridgehead atoms. The van der Waals surface area contributed by atoms with Crippen LogP contribution in [0, 0.1) is 17.8 Å². The number of aromatic hydroxyl groups is 1. The first-order chi connectivity index (χ1) is 16.2. The average molecular weight is 479 g/mol. The molecule has 1 aliphatic carbocycles. The molecular weight excluding hydrogens is 444 g/mol. The highest BCUT2D eigenvalue weighted by Crippen LogP contribution is 2.33. The van der Waals surface area contributed by atoms with Gasteiger partial charge < -0.3 is 29.4 Å². The van der Waals surface area contributed by atoms with Crippen LogP contribution in [0.3, 0.4) is 0 Å². The van der Waals surface area contributed by atoms with Crippen LogP contribution in [0.5, 0.6) is 11.5 Å². The Bertz CT molecular complexity index is 886. The summed E-state index contributed by atoms with van der Waals surface area (Å²) in [5.74, 6) is -1.93. The zero-order chi connectivity index (χ0) is 24.8. The molecule has 1 aliphatic heterocycles. The molecule has 4 atom stereocenters. The Morgan fingerprint density at radius 2 is 2.03 bits per heavy atom. The molecule has 1 saturated heterocycles. The Morgan fingerprint density at radius 3 is 2.68 bits per heavy atom.